The number of phenolic OH excluding ortho intramolecular Hbond substituents is 2. The average molecular weight is 698 g/mol. The highest BCUT2D eigenvalue weighted by Crippen LogP contribution is 2.66. The van der Waals surface area contributed by atoms with Crippen LogP contribution in [0.5, 0.6) is 11.5 Å². The molecule has 2 aliphatic heterocycles. The maximum atomic E-state index is 14.1. The van der Waals surface area contributed by atoms with E-state index in [1.54, 1.807) is 42.5 Å². The monoisotopic (exact) mass is 696 g/mol. The van der Waals surface area contributed by atoms with Gasteiger partial charge in [0.1, 0.15) is 11.5 Å². The molecule has 0 unspecified atom stereocenters. The van der Waals surface area contributed by atoms with Gasteiger partial charge in [0.2, 0.25) is 11.8 Å². The third-order valence-corrected chi connectivity index (χ3v) is 11.8. The van der Waals surface area contributed by atoms with Crippen LogP contribution in [0.15, 0.2) is 72.3 Å². The normalized spacial score (nSPS) is 31.3. The molecule has 2 saturated heterocycles. The molecule has 44 heavy (non-hydrogen) atoms. The standard InChI is InChI=1S/C33H27BrCl2N2O6/c34-16-38-30(43)32(35)15-24-21(26(33(32,36)31(38)44)23-10-7-18-3-1-2-4-20(18)27(23)40)11-12-22-25(24)29(42)37(28(22)41)14-13-17-5-8-19(39)9-6-17/h1-11,22,24-26,39-40H,12-16H2/t22-,24+,25-,26+,32+,33-/m0/s1. The SMILES string of the molecule is O=C1[C@H]2[C@H](CC=C3[C@H]2C[C@@]2(Cl)C(=O)N(CBr)C(=O)[C@@]2(Cl)[C@H]3c2ccc3ccccc3c2O)C(=O)N1CCc1ccc(O)cc1. The Labute approximate surface area is 271 Å². The number of benzene rings is 3. The lowest BCUT2D eigenvalue weighted by Crippen LogP contribution is -2.60. The predicted molar refractivity (Wildman–Crippen MR) is 167 cm³/mol. The fourth-order valence-corrected chi connectivity index (χ4v) is 9.21. The van der Waals surface area contributed by atoms with Gasteiger partial charge >= 0.3 is 0 Å². The number of nitrogens with zero attached hydrogens (tertiary/aromatic N) is 2. The molecule has 6 atom stereocenters. The van der Waals surface area contributed by atoms with Gasteiger partial charge in [0.25, 0.3) is 11.8 Å². The zero-order valence-electron chi connectivity index (χ0n) is 23.3. The van der Waals surface area contributed by atoms with Crippen LogP contribution in [0.2, 0.25) is 0 Å². The number of amides is 4. The number of phenols is 2. The van der Waals surface area contributed by atoms with Gasteiger partial charge in [-0.15, -0.1) is 23.2 Å². The van der Waals surface area contributed by atoms with Crippen molar-refractivity contribution in [2.45, 2.75) is 34.9 Å². The molecular weight excluding hydrogens is 671 g/mol. The molecule has 3 fully saturated rings. The van der Waals surface area contributed by atoms with Crippen molar-refractivity contribution in [3.05, 3.63) is 83.4 Å². The summed E-state index contributed by atoms with van der Waals surface area (Å²) in [7, 11) is 0. The van der Waals surface area contributed by atoms with E-state index in [9.17, 15) is 29.4 Å². The quantitative estimate of drug-likeness (QED) is 0.164. The van der Waals surface area contributed by atoms with E-state index >= 15 is 0 Å². The van der Waals surface area contributed by atoms with E-state index in [4.69, 9.17) is 23.2 Å². The van der Waals surface area contributed by atoms with Gasteiger partial charge in [-0.3, -0.25) is 29.0 Å². The van der Waals surface area contributed by atoms with Crippen molar-refractivity contribution in [1.29, 1.82) is 0 Å². The van der Waals surface area contributed by atoms with Gasteiger partial charge in [0, 0.05) is 23.4 Å². The summed E-state index contributed by atoms with van der Waals surface area (Å²) in [6.07, 6.45) is 2.39. The van der Waals surface area contributed by atoms with Gasteiger partial charge in [0.15, 0.2) is 9.75 Å². The van der Waals surface area contributed by atoms with Crippen LogP contribution in [0.1, 0.15) is 29.9 Å². The zero-order valence-corrected chi connectivity index (χ0v) is 26.3. The molecule has 226 valence electrons. The summed E-state index contributed by atoms with van der Waals surface area (Å²) in [6, 6.07) is 17.3. The fraction of sp³-hybridized carbons (Fsp3) is 0.333. The minimum absolute atomic E-state index is 0.0855. The van der Waals surface area contributed by atoms with Gasteiger partial charge in [0.05, 0.1) is 17.3 Å². The summed E-state index contributed by atoms with van der Waals surface area (Å²) in [5.41, 5.74) is 1.69. The van der Waals surface area contributed by atoms with Gasteiger partial charge in [-0.1, -0.05) is 76.1 Å². The molecule has 4 amide bonds. The lowest BCUT2D eigenvalue weighted by molar-refractivity contribution is -0.141. The van der Waals surface area contributed by atoms with Crippen LogP contribution >= 0.6 is 39.1 Å². The van der Waals surface area contributed by atoms with Crippen LogP contribution in [0.25, 0.3) is 10.8 Å². The number of carbonyl (C=O) groups excluding carboxylic acids is 4. The van der Waals surface area contributed by atoms with Crippen LogP contribution in [-0.2, 0) is 25.6 Å². The molecular formula is C33H27BrCl2N2O6. The van der Waals surface area contributed by atoms with Gasteiger partial charge < -0.3 is 10.2 Å². The maximum Gasteiger partial charge on any atom is 0.254 e. The number of hydrogen-bond acceptors (Lipinski definition) is 6. The molecule has 2 N–H and O–H groups in total. The molecule has 0 spiro atoms. The first-order valence-electron chi connectivity index (χ1n) is 14.4. The fourth-order valence-electron chi connectivity index (χ4n) is 7.79. The van der Waals surface area contributed by atoms with E-state index in [1.165, 1.54) is 4.90 Å². The third kappa shape index (κ3) is 3.88. The molecule has 2 aliphatic carbocycles. The van der Waals surface area contributed by atoms with Crippen molar-refractivity contribution in [2.75, 3.05) is 12.0 Å². The average Bonchev–Trinajstić information content (AvgIpc) is 3.35. The number of allylic oxidation sites excluding steroid dienone is 2. The highest BCUT2D eigenvalue weighted by molar-refractivity contribution is 9.09. The lowest BCUT2D eigenvalue weighted by Gasteiger charge is -2.50. The number of rotatable bonds is 5. The molecule has 8 nitrogen and oxygen atoms in total. The highest BCUT2D eigenvalue weighted by Gasteiger charge is 2.76. The molecule has 3 aromatic carbocycles. The topological polar surface area (TPSA) is 115 Å². The Kier molecular flexibility index (Phi) is 6.88. The number of alkyl halides is 3. The van der Waals surface area contributed by atoms with Crippen LogP contribution < -0.4 is 0 Å². The molecule has 3 aromatic rings. The van der Waals surface area contributed by atoms with Crippen LogP contribution in [0.4, 0.5) is 0 Å². The number of carbonyl (C=O) groups is 4. The summed E-state index contributed by atoms with van der Waals surface area (Å²) < 4.78 is 0. The van der Waals surface area contributed by atoms with Gasteiger partial charge in [-0.05, 0) is 48.3 Å². The molecule has 4 aliphatic rings. The minimum Gasteiger partial charge on any atom is -0.508 e. The van der Waals surface area contributed by atoms with Crippen molar-refractivity contribution in [3.63, 3.8) is 0 Å². The second-order valence-corrected chi connectivity index (χ2v) is 13.7. The van der Waals surface area contributed by atoms with E-state index in [1.807, 2.05) is 24.3 Å². The van der Waals surface area contributed by atoms with Crippen molar-refractivity contribution in [1.82, 2.24) is 9.80 Å². The Morgan fingerprint density at radius 1 is 0.864 bits per heavy atom. The molecule has 1 saturated carbocycles. The largest absolute Gasteiger partial charge is 0.508 e. The molecule has 0 bridgehead atoms. The van der Waals surface area contributed by atoms with E-state index in [0.717, 1.165) is 15.8 Å². The summed E-state index contributed by atoms with van der Waals surface area (Å²) in [4.78, 5) is 53.8. The summed E-state index contributed by atoms with van der Waals surface area (Å²) in [5, 5.41) is 22.5. The first-order chi connectivity index (χ1) is 21.0. The Morgan fingerprint density at radius 3 is 2.32 bits per heavy atom. The first kappa shape index (κ1) is 29.3. The van der Waals surface area contributed by atoms with E-state index < -0.39 is 45.2 Å². The van der Waals surface area contributed by atoms with E-state index in [-0.39, 0.29) is 48.2 Å². The minimum atomic E-state index is -1.99. The Hall–Kier alpha value is -3.40. The summed E-state index contributed by atoms with van der Waals surface area (Å²) >= 11 is 17.8. The van der Waals surface area contributed by atoms with Crippen molar-refractivity contribution < 1.29 is 29.4 Å². The Morgan fingerprint density at radius 2 is 1.59 bits per heavy atom. The number of aromatic hydroxyl groups is 2. The molecule has 7 rings (SSSR count). The van der Waals surface area contributed by atoms with Crippen LogP contribution in [-0.4, -0.2) is 65.4 Å². The first-order valence-corrected chi connectivity index (χ1v) is 16.2. The van der Waals surface area contributed by atoms with E-state index in [2.05, 4.69) is 15.9 Å². The number of likely N-dealkylation sites (tertiary alicyclic amines) is 2. The van der Waals surface area contributed by atoms with E-state index in [0.29, 0.717) is 22.9 Å². The Balaban J connectivity index is 1.33. The predicted octanol–water partition coefficient (Wildman–Crippen LogP) is 5.20. The zero-order chi connectivity index (χ0) is 31.1. The molecule has 11 heteroatoms. The van der Waals surface area contributed by atoms with Gasteiger partial charge in [-0.25, -0.2) is 0 Å². The third-order valence-electron chi connectivity index (χ3n) is 9.91. The summed E-state index contributed by atoms with van der Waals surface area (Å²) in [5.74, 6) is -5.12. The Bertz CT molecular complexity index is 1800. The van der Waals surface area contributed by atoms with Crippen molar-refractivity contribution >= 4 is 73.5 Å². The second-order valence-electron chi connectivity index (χ2n) is 12.0. The maximum absolute atomic E-state index is 14.1. The smallest absolute Gasteiger partial charge is 0.254 e. The van der Waals surface area contributed by atoms with Crippen molar-refractivity contribution in [3.8, 4) is 11.5 Å². The number of hydrogen-bond donors (Lipinski definition) is 2. The summed E-state index contributed by atoms with van der Waals surface area (Å²) in [6.45, 7) is 0.159. The number of imide groups is 2. The van der Waals surface area contributed by atoms with Crippen molar-refractivity contribution in [2.24, 2.45) is 17.8 Å². The van der Waals surface area contributed by atoms with Gasteiger partial charge in [-0.2, -0.15) is 0 Å². The highest BCUT2D eigenvalue weighted by atomic mass is 79.9. The van der Waals surface area contributed by atoms with Crippen LogP contribution in [0.3, 0.4) is 0 Å². The number of fused-ring (bicyclic) bond motifs is 5. The van der Waals surface area contributed by atoms with Crippen LogP contribution in [0, 0.1) is 17.8 Å². The lowest BCUT2D eigenvalue weighted by atomic mass is 9.56. The molecule has 0 radical (unpaired) electrons. The number of halogens is 3. The second kappa shape index (κ2) is 10.3. The molecule has 0 aromatic heterocycles. The molecule has 2 heterocycles.